The Morgan fingerprint density at radius 1 is 1.13 bits per heavy atom. The molecule has 0 bridgehead atoms. The van der Waals surface area contributed by atoms with Crippen molar-refractivity contribution in [2.24, 2.45) is 0 Å². The number of anilines is 1. The molecule has 0 atom stereocenters. The number of hydrogen-bond donors (Lipinski definition) is 1. The lowest BCUT2D eigenvalue weighted by molar-refractivity contribution is 0.0746. The van der Waals surface area contributed by atoms with Crippen LogP contribution in [-0.4, -0.2) is 30.8 Å². The maximum atomic E-state index is 13.1. The number of carbonyl (C=O) groups is 1. The van der Waals surface area contributed by atoms with Gasteiger partial charge >= 0.3 is 0 Å². The van der Waals surface area contributed by atoms with Crippen molar-refractivity contribution in [1.82, 2.24) is 9.88 Å². The topological polar surface area (TPSA) is 103 Å². The minimum Gasteiger partial charge on any atom is -0.333 e. The zero-order valence-corrected chi connectivity index (χ0v) is 17.8. The molecular formula is C23H22N4O3S. The number of hydrogen-bond acceptors (Lipinski definition) is 5. The molecule has 0 aliphatic carbocycles. The van der Waals surface area contributed by atoms with Crippen molar-refractivity contribution in [2.75, 3.05) is 11.3 Å². The van der Waals surface area contributed by atoms with E-state index in [4.69, 9.17) is 5.26 Å². The van der Waals surface area contributed by atoms with E-state index >= 15 is 0 Å². The molecule has 31 heavy (non-hydrogen) atoms. The second-order valence-corrected chi connectivity index (χ2v) is 8.68. The Balaban J connectivity index is 1.85. The first-order valence-corrected chi connectivity index (χ1v) is 11.1. The Kier molecular flexibility index (Phi) is 7.00. The number of rotatable bonds is 8. The Hall–Kier alpha value is -3.70. The van der Waals surface area contributed by atoms with Gasteiger partial charge in [-0.3, -0.25) is 14.5 Å². The molecule has 3 aromatic rings. The number of nitrogens with zero attached hydrogens (tertiary/aromatic N) is 3. The summed E-state index contributed by atoms with van der Waals surface area (Å²) in [6.07, 6.45) is 3.46. The lowest BCUT2D eigenvalue weighted by Gasteiger charge is -2.22. The number of nitriles is 1. The second-order valence-electron chi connectivity index (χ2n) is 7.00. The highest BCUT2D eigenvalue weighted by Gasteiger charge is 2.20. The number of benzene rings is 2. The van der Waals surface area contributed by atoms with E-state index in [0.29, 0.717) is 5.69 Å². The molecule has 2 aromatic carbocycles. The fourth-order valence-electron chi connectivity index (χ4n) is 3.05. The number of aryl methyl sites for hydroxylation is 1. The van der Waals surface area contributed by atoms with E-state index in [0.717, 1.165) is 11.1 Å². The smallest absolute Gasteiger partial charge is 0.261 e. The Bertz CT molecular complexity index is 1200. The SMILES string of the molecule is Cc1cccc(NS(=O)(=O)c2cccc(C(=O)N(CCC#N)Cc3cccnc3)c2)c1. The third kappa shape index (κ3) is 5.90. The Morgan fingerprint density at radius 2 is 1.94 bits per heavy atom. The van der Waals surface area contributed by atoms with Crippen molar-refractivity contribution < 1.29 is 13.2 Å². The molecule has 0 unspecified atom stereocenters. The molecule has 0 fully saturated rings. The van der Waals surface area contributed by atoms with Crippen LogP contribution in [0.25, 0.3) is 0 Å². The van der Waals surface area contributed by atoms with Gasteiger partial charge in [0.25, 0.3) is 15.9 Å². The summed E-state index contributed by atoms with van der Waals surface area (Å²) in [6, 6.07) is 18.6. The summed E-state index contributed by atoms with van der Waals surface area (Å²) >= 11 is 0. The van der Waals surface area contributed by atoms with Crippen LogP contribution in [0.3, 0.4) is 0 Å². The van der Waals surface area contributed by atoms with E-state index < -0.39 is 10.0 Å². The van der Waals surface area contributed by atoms with Gasteiger partial charge in [-0.2, -0.15) is 5.26 Å². The van der Waals surface area contributed by atoms with Crippen LogP contribution >= 0.6 is 0 Å². The fourth-order valence-corrected chi connectivity index (χ4v) is 4.15. The van der Waals surface area contributed by atoms with Gasteiger partial charge in [-0.25, -0.2) is 8.42 Å². The Labute approximate surface area is 182 Å². The van der Waals surface area contributed by atoms with E-state index in [1.54, 1.807) is 42.7 Å². The summed E-state index contributed by atoms with van der Waals surface area (Å²) < 4.78 is 28.2. The molecule has 0 aliphatic heterocycles. The van der Waals surface area contributed by atoms with Gasteiger partial charge in [-0.05, 0) is 54.4 Å². The van der Waals surface area contributed by atoms with Crippen LogP contribution in [-0.2, 0) is 16.6 Å². The van der Waals surface area contributed by atoms with Crippen LogP contribution in [0, 0.1) is 18.3 Å². The van der Waals surface area contributed by atoms with Gasteiger partial charge in [0.15, 0.2) is 0 Å². The number of nitrogens with one attached hydrogen (secondary N) is 1. The van der Waals surface area contributed by atoms with Crippen LogP contribution in [0.2, 0.25) is 0 Å². The molecule has 1 amide bonds. The normalized spacial score (nSPS) is 10.8. The van der Waals surface area contributed by atoms with E-state index in [1.807, 2.05) is 25.1 Å². The van der Waals surface area contributed by atoms with Gasteiger partial charge in [0, 0.05) is 36.7 Å². The molecule has 0 saturated heterocycles. The fraction of sp³-hybridized carbons (Fsp3) is 0.174. The molecule has 158 valence electrons. The van der Waals surface area contributed by atoms with Gasteiger partial charge in [-0.15, -0.1) is 0 Å². The molecule has 1 N–H and O–H groups in total. The van der Waals surface area contributed by atoms with Gasteiger partial charge in [0.05, 0.1) is 17.4 Å². The first-order valence-electron chi connectivity index (χ1n) is 9.64. The summed E-state index contributed by atoms with van der Waals surface area (Å²) in [6.45, 7) is 2.37. The van der Waals surface area contributed by atoms with E-state index in [9.17, 15) is 13.2 Å². The van der Waals surface area contributed by atoms with Crippen molar-refractivity contribution >= 4 is 21.6 Å². The minimum absolute atomic E-state index is 0.0125. The average Bonchev–Trinajstić information content (AvgIpc) is 2.76. The standard InChI is InChI=1S/C23H22N4O3S/c1-18-6-2-9-21(14-18)26-31(29,30)22-10-3-8-20(15-22)23(28)27(13-5-11-24)17-19-7-4-12-25-16-19/h2-4,6-10,12,14-16,26H,5,13,17H2,1H3. The van der Waals surface area contributed by atoms with Crippen LogP contribution in [0.15, 0.2) is 78.0 Å². The molecule has 0 spiro atoms. The maximum absolute atomic E-state index is 13.1. The number of sulfonamides is 1. The quantitative estimate of drug-likeness (QED) is 0.582. The number of carbonyl (C=O) groups excluding carboxylic acids is 1. The predicted molar refractivity (Wildman–Crippen MR) is 118 cm³/mol. The predicted octanol–water partition coefficient (Wildman–Crippen LogP) is 3.75. The number of pyridine rings is 1. The highest BCUT2D eigenvalue weighted by Crippen LogP contribution is 2.19. The molecule has 0 radical (unpaired) electrons. The summed E-state index contributed by atoms with van der Waals surface area (Å²) in [5, 5.41) is 8.96. The van der Waals surface area contributed by atoms with E-state index in [-0.39, 0.29) is 35.9 Å². The van der Waals surface area contributed by atoms with Crippen molar-refractivity contribution in [3.63, 3.8) is 0 Å². The van der Waals surface area contributed by atoms with Gasteiger partial charge in [0.2, 0.25) is 0 Å². The lowest BCUT2D eigenvalue weighted by atomic mass is 10.1. The highest BCUT2D eigenvalue weighted by molar-refractivity contribution is 7.92. The van der Waals surface area contributed by atoms with E-state index in [2.05, 4.69) is 9.71 Å². The van der Waals surface area contributed by atoms with E-state index in [1.165, 1.54) is 23.1 Å². The highest BCUT2D eigenvalue weighted by atomic mass is 32.2. The number of amides is 1. The summed E-state index contributed by atoms with van der Waals surface area (Å²) in [5.41, 5.74) is 2.42. The van der Waals surface area contributed by atoms with Gasteiger partial charge < -0.3 is 4.90 Å². The summed E-state index contributed by atoms with van der Waals surface area (Å²) in [7, 11) is -3.87. The van der Waals surface area contributed by atoms with Crippen LogP contribution in [0.1, 0.15) is 27.9 Å². The Morgan fingerprint density at radius 3 is 2.65 bits per heavy atom. The first-order chi connectivity index (χ1) is 14.9. The lowest BCUT2D eigenvalue weighted by Crippen LogP contribution is -2.31. The molecule has 1 aromatic heterocycles. The first kappa shape index (κ1) is 22.0. The third-order valence-corrected chi connectivity index (χ3v) is 5.92. The van der Waals surface area contributed by atoms with Crippen LogP contribution < -0.4 is 4.72 Å². The van der Waals surface area contributed by atoms with Crippen molar-refractivity contribution in [3.05, 3.63) is 89.7 Å². The number of aromatic nitrogens is 1. The molecule has 1 heterocycles. The zero-order valence-electron chi connectivity index (χ0n) is 17.0. The molecule has 0 saturated carbocycles. The maximum Gasteiger partial charge on any atom is 0.261 e. The molecular weight excluding hydrogens is 412 g/mol. The summed E-state index contributed by atoms with van der Waals surface area (Å²) in [4.78, 5) is 18.7. The molecule has 7 nitrogen and oxygen atoms in total. The third-order valence-electron chi connectivity index (χ3n) is 4.54. The monoisotopic (exact) mass is 434 g/mol. The molecule has 8 heteroatoms. The second kappa shape index (κ2) is 9.87. The zero-order chi connectivity index (χ0) is 22.3. The largest absolute Gasteiger partial charge is 0.333 e. The molecule has 3 rings (SSSR count). The van der Waals surface area contributed by atoms with Crippen LogP contribution in [0.4, 0.5) is 5.69 Å². The van der Waals surface area contributed by atoms with Crippen LogP contribution in [0.5, 0.6) is 0 Å². The van der Waals surface area contributed by atoms with Crippen molar-refractivity contribution in [2.45, 2.75) is 24.8 Å². The van der Waals surface area contributed by atoms with Crippen molar-refractivity contribution in [1.29, 1.82) is 5.26 Å². The van der Waals surface area contributed by atoms with Crippen molar-refractivity contribution in [3.8, 4) is 6.07 Å². The molecule has 0 aliphatic rings. The summed E-state index contributed by atoms with van der Waals surface area (Å²) in [5.74, 6) is -0.355. The minimum atomic E-state index is -3.87. The average molecular weight is 435 g/mol. The van der Waals surface area contributed by atoms with Gasteiger partial charge in [0.1, 0.15) is 0 Å². The van der Waals surface area contributed by atoms with Gasteiger partial charge in [-0.1, -0.05) is 24.3 Å².